The van der Waals surface area contributed by atoms with Crippen LogP contribution in [0.15, 0.2) is 27.8 Å². The molecule has 0 saturated heterocycles. The highest BCUT2D eigenvalue weighted by Crippen LogP contribution is 2.38. The zero-order valence-electron chi connectivity index (χ0n) is 11.6. The first-order chi connectivity index (χ1) is 10.5. The molecule has 0 unspecified atom stereocenters. The van der Waals surface area contributed by atoms with E-state index in [1.165, 1.54) is 11.3 Å². The Balaban J connectivity index is 1.53. The molecule has 2 aromatic heterocycles. The molecule has 0 atom stereocenters. The fourth-order valence-corrected chi connectivity index (χ4v) is 4.17. The molecule has 1 fully saturated rings. The molecule has 3 rings (SSSR count). The van der Waals surface area contributed by atoms with Gasteiger partial charge in [-0.3, -0.25) is 0 Å². The van der Waals surface area contributed by atoms with Crippen molar-refractivity contribution in [2.45, 2.75) is 23.0 Å². The highest BCUT2D eigenvalue weighted by Gasteiger charge is 2.27. The van der Waals surface area contributed by atoms with Crippen molar-refractivity contribution >= 4 is 38.8 Å². The lowest BCUT2D eigenvalue weighted by molar-refractivity contribution is 0.585. The zero-order chi connectivity index (χ0) is 15.6. The lowest BCUT2D eigenvalue weighted by Gasteiger charge is -2.08. The minimum atomic E-state index is -3.42. The Hall–Kier alpha value is -1.22. The highest BCUT2D eigenvalue weighted by molar-refractivity contribution is 7.91. The SMILES string of the molecule is O=S(=O)(NCCNc1cc(Cl)nc(C2CC2)n1)c1cccs1. The maximum absolute atomic E-state index is 11.9. The third-order valence-electron chi connectivity index (χ3n) is 3.14. The van der Waals surface area contributed by atoms with E-state index in [4.69, 9.17) is 11.6 Å². The Bertz CT molecular complexity index is 745. The van der Waals surface area contributed by atoms with Crippen molar-refractivity contribution in [1.82, 2.24) is 14.7 Å². The summed E-state index contributed by atoms with van der Waals surface area (Å²) in [4.78, 5) is 8.60. The zero-order valence-corrected chi connectivity index (χ0v) is 14.0. The summed E-state index contributed by atoms with van der Waals surface area (Å²) in [6.07, 6.45) is 2.20. The molecule has 2 heterocycles. The lowest BCUT2D eigenvalue weighted by atomic mass is 10.4. The van der Waals surface area contributed by atoms with Crippen LogP contribution in [0.1, 0.15) is 24.6 Å². The highest BCUT2D eigenvalue weighted by atomic mass is 35.5. The van der Waals surface area contributed by atoms with Crippen LogP contribution < -0.4 is 10.0 Å². The Kier molecular flexibility index (Phi) is 4.62. The number of hydrogen-bond donors (Lipinski definition) is 2. The summed E-state index contributed by atoms with van der Waals surface area (Å²) >= 11 is 7.16. The van der Waals surface area contributed by atoms with Crippen LogP contribution in [0.5, 0.6) is 0 Å². The molecule has 0 aliphatic heterocycles. The van der Waals surface area contributed by atoms with Crippen molar-refractivity contribution in [3.8, 4) is 0 Å². The van der Waals surface area contributed by atoms with E-state index in [1.807, 2.05) is 0 Å². The minimum absolute atomic E-state index is 0.265. The van der Waals surface area contributed by atoms with E-state index >= 15 is 0 Å². The number of sulfonamides is 1. The van der Waals surface area contributed by atoms with E-state index in [0.717, 1.165) is 18.7 Å². The van der Waals surface area contributed by atoms with Gasteiger partial charge in [-0.15, -0.1) is 11.3 Å². The minimum Gasteiger partial charge on any atom is -0.369 e. The second kappa shape index (κ2) is 6.49. The molecule has 1 aliphatic carbocycles. The summed E-state index contributed by atoms with van der Waals surface area (Å²) in [5.41, 5.74) is 0. The van der Waals surface area contributed by atoms with Gasteiger partial charge in [0.05, 0.1) is 0 Å². The normalized spacial score (nSPS) is 15.0. The van der Waals surface area contributed by atoms with Gasteiger partial charge in [-0.25, -0.2) is 23.1 Å². The molecule has 0 spiro atoms. The predicted molar refractivity (Wildman–Crippen MR) is 87.0 cm³/mol. The van der Waals surface area contributed by atoms with E-state index in [1.54, 1.807) is 23.6 Å². The third-order valence-corrected chi connectivity index (χ3v) is 6.19. The van der Waals surface area contributed by atoms with Gasteiger partial charge in [-0.1, -0.05) is 17.7 Å². The van der Waals surface area contributed by atoms with Gasteiger partial charge in [-0.05, 0) is 24.3 Å². The van der Waals surface area contributed by atoms with Crippen molar-refractivity contribution in [2.24, 2.45) is 0 Å². The molecular formula is C13H15ClN4O2S2. The molecule has 6 nitrogen and oxygen atoms in total. The van der Waals surface area contributed by atoms with Gasteiger partial charge < -0.3 is 5.32 Å². The first-order valence-electron chi connectivity index (χ1n) is 6.86. The summed E-state index contributed by atoms with van der Waals surface area (Å²) in [5.74, 6) is 1.79. The van der Waals surface area contributed by atoms with Crippen LogP contribution in [0, 0.1) is 0 Å². The maximum atomic E-state index is 11.9. The Morgan fingerprint density at radius 1 is 1.32 bits per heavy atom. The molecule has 0 radical (unpaired) electrons. The molecule has 22 heavy (non-hydrogen) atoms. The first kappa shape index (κ1) is 15.7. The topological polar surface area (TPSA) is 84.0 Å². The maximum Gasteiger partial charge on any atom is 0.250 e. The number of thiophene rings is 1. The number of rotatable bonds is 7. The summed E-state index contributed by atoms with van der Waals surface area (Å²) in [7, 11) is -3.42. The first-order valence-corrected chi connectivity index (χ1v) is 9.60. The molecule has 1 aliphatic rings. The van der Waals surface area contributed by atoms with Crippen LogP contribution in [0.3, 0.4) is 0 Å². The van der Waals surface area contributed by atoms with Crippen molar-refractivity contribution in [3.63, 3.8) is 0 Å². The van der Waals surface area contributed by atoms with Gasteiger partial charge >= 0.3 is 0 Å². The molecule has 0 aromatic carbocycles. The molecule has 1 saturated carbocycles. The lowest BCUT2D eigenvalue weighted by Crippen LogP contribution is -2.28. The molecule has 118 valence electrons. The Morgan fingerprint density at radius 3 is 2.82 bits per heavy atom. The van der Waals surface area contributed by atoms with Crippen LogP contribution in [0.2, 0.25) is 5.15 Å². The molecule has 9 heteroatoms. The van der Waals surface area contributed by atoms with E-state index in [-0.39, 0.29) is 6.54 Å². The Morgan fingerprint density at radius 2 is 2.14 bits per heavy atom. The standard InChI is InChI=1S/C13H15ClN4O2S2/c14-10-8-11(18-13(17-10)9-3-4-9)15-5-6-16-22(19,20)12-2-1-7-21-12/h1-2,7-9,16H,3-6H2,(H,15,17,18). The van der Waals surface area contributed by atoms with Crippen LogP contribution in [0.25, 0.3) is 0 Å². The summed E-state index contributed by atoms with van der Waals surface area (Å²) in [6, 6.07) is 4.92. The molecule has 2 N–H and O–H groups in total. The monoisotopic (exact) mass is 358 g/mol. The summed E-state index contributed by atoms with van der Waals surface area (Å²) in [6.45, 7) is 0.683. The van der Waals surface area contributed by atoms with Crippen molar-refractivity contribution in [3.05, 3.63) is 34.6 Å². The number of halogens is 1. The fourth-order valence-electron chi connectivity index (χ4n) is 1.91. The predicted octanol–water partition coefficient (Wildman–Crippen LogP) is 2.46. The van der Waals surface area contributed by atoms with Crippen molar-refractivity contribution < 1.29 is 8.42 Å². The van der Waals surface area contributed by atoms with Gasteiger partial charge in [-0.2, -0.15) is 0 Å². The number of aromatic nitrogens is 2. The summed E-state index contributed by atoms with van der Waals surface area (Å²) in [5, 5.41) is 5.20. The average molecular weight is 359 g/mol. The van der Waals surface area contributed by atoms with Crippen LogP contribution in [-0.4, -0.2) is 31.5 Å². The van der Waals surface area contributed by atoms with E-state index in [0.29, 0.717) is 27.6 Å². The van der Waals surface area contributed by atoms with Crippen molar-refractivity contribution in [1.29, 1.82) is 0 Å². The molecule has 2 aromatic rings. The largest absolute Gasteiger partial charge is 0.369 e. The van der Waals surface area contributed by atoms with Crippen molar-refractivity contribution in [2.75, 3.05) is 18.4 Å². The number of nitrogens with one attached hydrogen (secondary N) is 2. The van der Waals surface area contributed by atoms with E-state index in [9.17, 15) is 8.42 Å². The van der Waals surface area contributed by atoms with E-state index < -0.39 is 10.0 Å². The van der Waals surface area contributed by atoms with Gasteiger partial charge in [0, 0.05) is 25.1 Å². The third kappa shape index (κ3) is 3.95. The fraction of sp³-hybridized carbons (Fsp3) is 0.385. The second-order valence-electron chi connectivity index (χ2n) is 4.97. The van der Waals surface area contributed by atoms with Crippen LogP contribution >= 0.6 is 22.9 Å². The number of nitrogens with zero attached hydrogens (tertiary/aromatic N) is 2. The molecule has 0 amide bonds. The average Bonchev–Trinajstić information content (AvgIpc) is 3.17. The second-order valence-corrected chi connectivity index (χ2v) is 8.29. The van der Waals surface area contributed by atoms with Crippen LogP contribution in [0.4, 0.5) is 5.82 Å². The van der Waals surface area contributed by atoms with Crippen LogP contribution in [-0.2, 0) is 10.0 Å². The Labute approximate surface area is 138 Å². The molecular weight excluding hydrogens is 344 g/mol. The van der Waals surface area contributed by atoms with E-state index in [2.05, 4.69) is 20.0 Å². The smallest absolute Gasteiger partial charge is 0.250 e. The number of anilines is 1. The van der Waals surface area contributed by atoms with Gasteiger partial charge in [0.1, 0.15) is 21.0 Å². The van der Waals surface area contributed by atoms with Gasteiger partial charge in [0.2, 0.25) is 10.0 Å². The molecule has 0 bridgehead atoms. The van der Waals surface area contributed by atoms with Gasteiger partial charge in [0.15, 0.2) is 0 Å². The number of hydrogen-bond acceptors (Lipinski definition) is 6. The van der Waals surface area contributed by atoms with Gasteiger partial charge in [0.25, 0.3) is 0 Å². The quantitative estimate of drug-likeness (QED) is 0.586. The summed E-state index contributed by atoms with van der Waals surface area (Å²) < 4.78 is 26.7.